The van der Waals surface area contributed by atoms with Gasteiger partial charge in [-0.3, -0.25) is 0 Å². The molecule has 0 spiro atoms. The topological polar surface area (TPSA) is 41.8 Å². The number of para-hydroxylation sites is 1. The Balaban J connectivity index is 1.26. The van der Waals surface area contributed by atoms with E-state index < -0.39 is 0 Å². The highest BCUT2D eigenvalue weighted by Gasteiger charge is 2.69. The molecule has 3 fully saturated rings. The van der Waals surface area contributed by atoms with Crippen molar-refractivity contribution in [1.82, 2.24) is 9.97 Å². The Morgan fingerprint density at radius 2 is 1.67 bits per heavy atom. The molecule has 3 saturated carbocycles. The first-order chi connectivity index (χ1) is 19.8. The van der Waals surface area contributed by atoms with Crippen molar-refractivity contribution in [3.8, 4) is 0 Å². The molecule has 1 N–H and O–H groups in total. The van der Waals surface area contributed by atoms with Gasteiger partial charge in [-0.2, -0.15) is 0 Å². The second kappa shape index (κ2) is 8.24. The van der Waals surface area contributed by atoms with Gasteiger partial charge in [-0.05, 0) is 116 Å². The average molecular weight is 565 g/mol. The molecule has 224 valence electrons. The normalized spacial score (nSPS) is 41.6. The summed E-state index contributed by atoms with van der Waals surface area (Å²) >= 11 is 0. The van der Waals surface area contributed by atoms with Crippen molar-refractivity contribution in [2.45, 2.75) is 124 Å². The van der Waals surface area contributed by atoms with Crippen LogP contribution in [-0.2, 0) is 17.3 Å². The third-order valence-electron chi connectivity index (χ3n) is 14.8. The molecule has 7 atom stereocenters. The molecular formula is C39H52N2O. The summed E-state index contributed by atoms with van der Waals surface area (Å²) < 4.78 is 6.42. The molecule has 0 aliphatic heterocycles. The summed E-state index contributed by atoms with van der Waals surface area (Å²) in [4.78, 5) is 8.87. The lowest BCUT2D eigenvalue weighted by atomic mass is 9.33. The van der Waals surface area contributed by atoms with Crippen molar-refractivity contribution in [2.24, 2.45) is 39.4 Å². The predicted molar refractivity (Wildman–Crippen MR) is 172 cm³/mol. The molecule has 0 unspecified atom stereocenters. The van der Waals surface area contributed by atoms with Crippen molar-refractivity contribution >= 4 is 10.9 Å². The Labute approximate surface area is 253 Å². The first-order valence-electron chi connectivity index (χ1n) is 17.0. The number of aromatic amines is 1. The van der Waals surface area contributed by atoms with E-state index >= 15 is 0 Å². The van der Waals surface area contributed by atoms with E-state index in [9.17, 15) is 0 Å². The molecule has 42 heavy (non-hydrogen) atoms. The van der Waals surface area contributed by atoms with Crippen LogP contribution < -0.4 is 0 Å². The molecule has 3 aromatic rings. The number of fused-ring (bicyclic) bond motifs is 10. The number of allylic oxidation sites excluding steroid dienone is 2. The van der Waals surface area contributed by atoms with E-state index in [1.807, 2.05) is 6.20 Å². The number of hydrogen-bond acceptors (Lipinski definition) is 2. The summed E-state index contributed by atoms with van der Waals surface area (Å²) in [6.45, 7) is 20.3. The van der Waals surface area contributed by atoms with E-state index in [0.717, 1.165) is 11.7 Å². The van der Waals surface area contributed by atoms with Gasteiger partial charge in [0.1, 0.15) is 5.76 Å². The number of aromatic nitrogens is 2. The van der Waals surface area contributed by atoms with Crippen molar-refractivity contribution in [1.29, 1.82) is 0 Å². The van der Waals surface area contributed by atoms with Crippen LogP contribution in [0.5, 0.6) is 0 Å². The van der Waals surface area contributed by atoms with Gasteiger partial charge in [0.15, 0.2) is 0 Å². The minimum Gasteiger partial charge on any atom is -0.445 e. The molecule has 0 radical (unpaired) electrons. The maximum atomic E-state index is 6.42. The van der Waals surface area contributed by atoms with Gasteiger partial charge in [0.25, 0.3) is 0 Å². The SMILES string of the molecule is Cc1cnc([C@]23CCC(C)(C)C[C@H]2C2=CC[C@@H]4[C@@]5(C)Cc6c([nH]c7ccccc67)C(C)(C)[C@@H]5CC[C@@]4(C)[C@]2(C)CC3)o1. The summed E-state index contributed by atoms with van der Waals surface area (Å²) in [5.41, 5.74) is 7.58. The fourth-order valence-electron chi connectivity index (χ4n) is 12.5. The second-order valence-corrected chi connectivity index (χ2v) is 17.6. The van der Waals surface area contributed by atoms with Crippen molar-refractivity contribution in [3.05, 3.63) is 65.0 Å². The lowest BCUT2D eigenvalue weighted by molar-refractivity contribution is -0.155. The van der Waals surface area contributed by atoms with Crippen LogP contribution in [0, 0.1) is 46.3 Å². The molecule has 3 heteroatoms. The number of hydrogen-bond donors (Lipinski definition) is 1. The largest absolute Gasteiger partial charge is 0.445 e. The lowest BCUT2D eigenvalue weighted by Gasteiger charge is -2.70. The second-order valence-electron chi connectivity index (χ2n) is 17.6. The fourth-order valence-corrected chi connectivity index (χ4v) is 12.5. The zero-order chi connectivity index (χ0) is 29.5. The van der Waals surface area contributed by atoms with Crippen LogP contribution in [0.15, 0.2) is 46.5 Å². The minimum atomic E-state index is 0.0607. The zero-order valence-electron chi connectivity index (χ0n) is 27.4. The van der Waals surface area contributed by atoms with E-state index in [-0.39, 0.29) is 21.7 Å². The molecule has 0 bridgehead atoms. The number of rotatable bonds is 1. The van der Waals surface area contributed by atoms with E-state index in [4.69, 9.17) is 9.40 Å². The first-order valence-corrected chi connectivity index (χ1v) is 17.0. The van der Waals surface area contributed by atoms with Gasteiger partial charge in [0.05, 0.1) is 11.6 Å². The van der Waals surface area contributed by atoms with Crippen molar-refractivity contribution < 1.29 is 4.42 Å². The summed E-state index contributed by atoms with van der Waals surface area (Å²) in [6.07, 6.45) is 16.0. The van der Waals surface area contributed by atoms with Crippen molar-refractivity contribution in [2.75, 3.05) is 0 Å². The number of H-pyrrole nitrogens is 1. The highest BCUT2D eigenvalue weighted by molar-refractivity contribution is 5.85. The van der Waals surface area contributed by atoms with Crippen LogP contribution in [0.1, 0.15) is 123 Å². The first kappa shape index (κ1) is 27.3. The molecule has 3 nitrogen and oxygen atoms in total. The van der Waals surface area contributed by atoms with Gasteiger partial charge < -0.3 is 9.40 Å². The van der Waals surface area contributed by atoms with Crippen LogP contribution in [0.4, 0.5) is 0 Å². The molecule has 8 rings (SSSR count). The average Bonchev–Trinajstić information content (AvgIpc) is 3.53. The number of nitrogens with one attached hydrogen (secondary N) is 1. The molecule has 1 aromatic carbocycles. The Morgan fingerprint density at radius 3 is 2.43 bits per heavy atom. The van der Waals surface area contributed by atoms with Crippen LogP contribution >= 0.6 is 0 Å². The number of aryl methyl sites for hydroxylation is 1. The Hall–Kier alpha value is -2.29. The molecular weight excluding hydrogens is 512 g/mol. The summed E-state index contributed by atoms with van der Waals surface area (Å²) in [5, 5.41) is 1.46. The molecule has 5 aliphatic carbocycles. The summed E-state index contributed by atoms with van der Waals surface area (Å²) in [7, 11) is 0. The van der Waals surface area contributed by atoms with Gasteiger partial charge in [0, 0.05) is 22.0 Å². The monoisotopic (exact) mass is 564 g/mol. The van der Waals surface area contributed by atoms with E-state index in [2.05, 4.69) is 90.7 Å². The van der Waals surface area contributed by atoms with Crippen molar-refractivity contribution in [3.63, 3.8) is 0 Å². The molecule has 5 aliphatic rings. The van der Waals surface area contributed by atoms with Crippen LogP contribution in [-0.4, -0.2) is 9.97 Å². The highest BCUT2D eigenvalue weighted by atomic mass is 16.4. The lowest BCUT2D eigenvalue weighted by Crippen LogP contribution is -2.64. The standard InChI is InChI=1S/C39H52N2O/c1-24-23-40-33(42-24)39-19-17-34(2,3)22-28(39)27-13-14-31-36(6)21-26-25-11-9-10-12-29(25)41-32(26)35(4,5)30(36)15-16-38(31,8)37(27,7)18-20-39/h9-13,23,28,30-31,41H,14-22H2,1-8H3/t28-,30-,31+,36-,37+,38+,39-/m0/s1. The molecule has 2 heterocycles. The molecule has 0 saturated heterocycles. The van der Waals surface area contributed by atoms with Gasteiger partial charge >= 0.3 is 0 Å². The molecule has 0 amide bonds. The Bertz CT molecular complexity index is 1620. The highest BCUT2D eigenvalue weighted by Crippen LogP contribution is 2.75. The molecule has 2 aromatic heterocycles. The van der Waals surface area contributed by atoms with Crippen LogP contribution in [0.25, 0.3) is 10.9 Å². The van der Waals surface area contributed by atoms with E-state index in [0.29, 0.717) is 28.6 Å². The van der Waals surface area contributed by atoms with Crippen LogP contribution in [0.2, 0.25) is 0 Å². The summed E-state index contributed by atoms with van der Waals surface area (Å²) in [5.74, 6) is 3.90. The number of nitrogens with zero attached hydrogens (tertiary/aromatic N) is 1. The van der Waals surface area contributed by atoms with Gasteiger partial charge in [0.2, 0.25) is 5.89 Å². The Morgan fingerprint density at radius 1 is 0.905 bits per heavy atom. The maximum Gasteiger partial charge on any atom is 0.201 e. The fraction of sp³-hybridized carbons (Fsp3) is 0.667. The van der Waals surface area contributed by atoms with Gasteiger partial charge in [-0.1, -0.05) is 78.3 Å². The summed E-state index contributed by atoms with van der Waals surface area (Å²) in [6, 6.07) is 9.07. The zero-order valence-corrected chi connectivity index (χ0v) is 27.4. The van der Waals surface area contributed by atoms with E-state index in [1.54, 1.807) is 11.1 Å². The van der Waals surface area contributed by atoms with Gasteiger partial charge in [-0.15, -0.1) is 0 Å². The number of oxazole rings is 1. The predicted octanol–water partition coefficient (Wildman–Crippen LogP) is 10.2. The minimum absolute atomic E-state index is 0.0607. The van der Waals surface area contributed by atoms with Gasteiger partial charge in [-0.25, -0.2) is 4.98 Å². The maximum absolute atomic E-state index is 6.42. The third kappa shape index (κ3) is 3.22. The van der Waals surface area contributed by atoms with E-state index in [1.165, 1.54) is 74.4 Å². The van der Waals surface area contributed by atoms with Crippen LogP contribution in [0.3, 0.4) is 0 Å². The number of benzene rings is 1. The third-order valence-corrected chi connectivity index (χ3v) is 14.8. The quantitative estimate of drug-likeness (QED) is 0.299. The Kier molecular flexibility index (Phi) is 5.35. The smallest absolute Gasteiger partial charge is 0.201 e.